The Hall–Kier alpha value is -8.27. The van der Waals surface area contributed by atoms with Crippen LogP contribution in [-0.2, 0) is 68.7 Å². The van der Waals surface area contributed by atoms with Gasteiger partial charge in [-0.15, -0.1) is 0 Å². The quantitative estimate of drug-likeness (QED) is 0.0296. The molecule has 2 aromatic carbocycles. The summed E-state index contributed by atoms with van der Waals surface area (Å²) >= 11 is 0. The number of aromatic hydroxyl groups is 2. The lowest BCUT2D eigenvalue weighted by atomic mass is 9.44. The van der Waals surface area contributed by atoms with Crippen molar-refractivity contribution < 1.29 is 94.8 Å². The number of methoxy groups -OCH3 is 2. The summed E-state index contributed by atoms with van der Waals surface area (Å²) in [5.74, 6) is -9.70. The number of ether oxygens (including phenoxy) is 6. The van der Waals surface area contributed by atoms with Crippen LogP contribution >= 0.6 is 0 Å². The standard InChI is InChI=1S/C53H55N9O19S/c1-23-45-29(62-10-11-78-51(77-3)50(62)81-45)14-35(79-23)80-46-37-27(41(68)38-39(44(37)71)43(70)36-26(40(38)67)6-5-7-30(36)76-2)13-28(42(46)69)48(73)61-53-20-52(21-53,22-53)60-34(66)19-58-33(65)18-57-32(64)17-56-31(63)8-9-55-47(72)25-12-24(15-54)49(59-16-25)82(4,74)75/h5-7,12,16,23,28,35,45-46,50-51H,8-11,13-14,17-22H2,1-4H3,(H7-,55,56,57,58,60,61,63,64,65,66,67,68,70,71,72,73)/p+1/t23-,28?,35-,45?,46+,50+,51-,52?,53?/m0/s1. The fourth-order valence-corrected chi connectivity index (χ4v) is 12.7. The average Bonchev–Trinajstić information content (AvgIpc) is 0.903. The highest BCUT2D eigenvalue weighted by Crippen LogP contribution is 2.61. The molecule has 1 aromatic heterocycles. The van der Waals surface area contributed by atoms with Crippen LogP contribution in [0, 0.1) is 17.2 Å². The van der Waals surface area contributed by atoms with Crippen LogP contribution in [0.1, 0.15) is 104 Å². The molecule has 2 bridgehead atoms. The number of carbonyl (C=O) groups is 9. The Morgan fingerprint density at radius 1 is 0.866 bits per heavy atom. The normalized spacial score (nSPS) is 26.4. The highest BCUT2D eigenvalue weighted by Gasteiger charge is 2.69. The van der Waals surface area contributed by atoms with Crippen LogP contribution in [0.5, 0.6) is 17.2 Å². The number of amides is 6. The molecular formula is C53H56N9O19S+. The van der Waals surface area contributed by atoms with E-state index in [0.29, 0.717) is 13.2 Å². The second-order valence-corrected chi connectivity index (χ2v) is 23.0. The number of nitriles is 1. The molecule has 8 N–H and O–H groups in total. The highest BCUT2D eigenvalue weighted by molar-refractivity contribution is 7.90. The van der Waals surface area contributed by atoms with Crippen molar-refractivity contribution in [3.63, 3.8) is 0 Å². The first-order valence-electron chi connectivity index (χ1n) is 25.9. The van der Waals surface area contributed by atoms with Gasteiger partial charge in [0.1, 0.15) is 41.9 Å². The molecule has 0 radical (unpaired) electrons. The number of nitrogens with one attached hydrogen (secondary N) is 6. The molecule has 8 aliphatic rings. The third kappa shape index (κ3) is 10.4. The van der Waals surface area contributed by atoms with Gasteiger partial charge in [-0.25, -0.2) is 18.0 Å². The van der Waals surface area contributed by atoms with Crippen LogP contribution in [0.4, 0.5) is 0 Å². The molecule has 28 nitrogen and oxygen atoms in total. The number of nitrogens with zero attached hydrogens (tertiary/aromatic N) is 3. The highest BCUT2D eigenvalue weighted by atomic mass is 32.2. The summed E-state index contributed by atoms with van der Waals surface area (Å²) < 4.78 is 61.3. The lowest BCUT2D eigenvalue weighted by Gasteiger charge is -2.70. The molecule has 3 aromatic rings. The Balaban J connectivity index is 0.732. The Morgan fingerprint density at radius 2 is 1.54 bits per heavy atom. The van der Waals surface area contributed by atoms with Crippen molar-refractivity contribution in [2.45, 2.75) is 98.7 Å². The SMILES string of the molecule is COc1cccc2c1C(=O)c1c(O)c3c(c(O)c1C2=O)CC(C(=O)NC12CC(NC(=O)CNC(=O)CNC(=O)CNC(=O)CCNC(=O)c4cnc(S(C)(=O)=O)c(C#N)c4)(C1)C2)C(=O)[C@@H]3O[C@H]1CC2=[N+]3CCO[C@H](OC)[C@H]3OC2[C@H](C)O1. The average molecular weight is 1160 g/mol. The number of Topliss-reactive ketones (excluding diaryl/α,β-unsaturated/α-hetero) is 1. The number of sulfone groups is 1. The molecule has 5 fully saturated rings. The van der Waals surface area contributed by atoms with Gasteiger partial charge in [-0.05, 0) is 44.7 Å². The van der Waals surface area contributed by atoms with Gasteiger partial charge in [-0.2, -0.15) is 5.26 Å². The predicted octanol–water partition coefficient (Wildman–Crippen LogP) is -2.26. The molecule has 4 heterocycles. The van der Waals surface area contributed by atoms with Crippen LogP contribution in [0.25, 0.3) is 0 Å². The van der Waals surface area contributed by atoms with E-state index in [2.05, 4.69) is 36.9 Å². The van der Waals surface area contributed by atoms with E-state index in [1.807, 2.05) is 4.58 Å². The fraction of sp³-hybridized carbons (Fsp3) is 0.472. The van der Waals surface area contributed by atoms with E-state index < -0.39 is 170 Å². The number of ketones is 3. The van der Waals surface area contributed by atoms with Crippen molar-refractivity contribution in [1.29, 1.82) is 5.26 Å². The number of aromatic nitrogens is 1. The topological polar surface area (TPSA) is 395 Å². The molecule has 29 heteroatoms. The Kier molecular flexibility index (Phi) is 15.2. The molecule has 432 valence electrons. The number of hydrogen-bond acceptors (Lipinski definition) is 21. The molecule has 5 aliphatic carbocycles. The number of benzene rings is 2. The Labute approximate surface area is 466 Å². The van der Waals surface area contributed by atoms with E-state index >= 15 is 0 Å². The maximum atomic E-state index is 14.9. The smallest absolute Gasteiger partial charge is 0.310 e. The first kappa shape index (κ1) is 57.0. The van der Waals surface area contributed by atoms with Crippen LogP contribution in [0.3, 0.4) is 0 Å². The number of hydrogen-bond donors (Lipinski definition) is 8. The van der Waals surface area contributed by atoms with Crippen LogP contribution in [0.15, 0.2) is 35.5 Å². The van der Waals surface area contributed by atoms with E-state index in [4.69, 9.17) is 28.4 Å². The largest absolute Gasteiger partial charge is 0.507 e. The molecule has 0 spiro atoms. The minimum absolute atomic E-state index is 0.0362. The number of rotatable bonds is 18. The Morgan fingerprint density at radius 3 is 2.21 bits per heavy atom. The van der Waals surface area contributed by atoms with Gasteiger partial charge in [0.2, 0.25) is 41.6 Å². The van der Waals surface area contributed by atoms with Gasteiger partial charge in [0.15, 0.2) is 51.1 Å². The molecule has 2 unspecified atom stereocenters. The summed E-state index contributed by atoms with van der Waals surface area (Å²) in [6.45, 7) is 0.775. The van der Waals surface area contributed by atoms with Crippen LogP contribution in [-0.4, -0.2) is 189 Å². The number of morpholine rings is 1. The molecule has 82 heavy (non-hydrogen) atoms. The zero-order valence-corrected chi connectivity index (χ0v) is 45.3. The third-order valence-corrected chi connectivity index (χ3v) is 16.6. The van der Waals surface area contributed by atoms with E-state index in [1.165, 1.54) is 32.4 Å². The number of carbonyl (C=O) groups excluding carboxylic acids is 9. The second kappa shape index (κ2) is 21.9. The third-order valence-electron chi connectivity index (χ3n) is 15.6. The van der Waals surface area contributed by atoms with Gasteiger partial charge < -0.3 is 70.5 Å². The number of fused-ring (bicyclic) bond motifs is 5. The lowest BCUT2D eigenvalue weighted by Crippen LogP contribution is -2.84. The van der Waals surface area contributed by atoms with Gasteiger partial charge in [0.05, 0.1) is 67.1 Å². The van der Waals surface area contributed by atoms with Crippen molar-refractivity contribution in [2.24, 2.45) is 5.92 Å². The summed E-state index contributed by atoms with van der Waals surface area (Å²) in [5, 5.41) is 48.2. The molecular weight excluding hydrogens is 1100 g/mol. The second-order valence-electron chi connectivity index (χ2n) is 21.1. The lowest BCUT2D eigenvalue weighted by molar-refractivity contribution is -0.641. The van der Waals surface area contributed by atoms with Gasteiger partial charge >= 0.3 is 6.23 Å². The van der Waals surface area contributed by atoms with Crippen molar-refractivity contribution in [1.82, 2.24) is 36.9 Å². The number of phenolic OH excluding ortho intramolecular Hbond substituents is 2. The maximum Gasteiger partial charge on any atom is 0.310 e. The molecule has 3 saturated carbocycles. The molecule has 6 amide bonds. The summed E-state index contributed by atoms with van der Waals surface area (Å²) in [6, 6.07) is 7.05. The minimum Gasteiger partial charge on any atom is -0.507 e. The molecule has 2 saturated heterocycles. The first-order chi connectivity index (χ1) is 39.0. The summed E-state index contributed by atoms with van der Waals surface area (Å²) in [4.78, 5) is 124. The summed E-state index contributed by atoms with van der Waals surface area (Å²) in [6.07, 6.45) is -3.60. The summed E-state index contributed by atoms with van der Waals surface area (Å²) in [5.41, 5.74) is -3.08. The van der Waals surface area contributed by atoms with Gasteiger partial charge in [-0.3, -0.25) is 43.2 Å². The fourth-order valence-electron chi connectivity index (χ4n) is 12.0. The van der Waals surface area contributed by atoms with E-state index in [-0.39, 0.29) is 77.8 Å². The summed E-state index contributed by atoms with van der Waals surface area (Å²) in [7, 11) is -1.02. The van der Waals surface area contributed by atoms with Crippen molar-refractivity contribution in [3.8, 4) is 23.3 Å². The van der Waals surface area contributed by atoms with E-state index in [1.54, 1.807) is 13.0 Å². The van der Waals surface area contributed by atoms with Gasteiger partial charge in [0.25, 0.3) is 5.91 Å². The minimum atomic E-state index is -3.82. The van der Waals surface area contributed by atoms with Crippen LogP contribution in [0.2, 0.25) is 0 Å². The molecule has 11 rings (SSSR count). The number of phenols is 2. The first-order valence-corrected chi connectivity index (χ1v) is 27.8. The predicted molar refractivity (Wildman–Crippen MR) is 274 cm³/mol. The zero-order valence-electron chi connectivity index (χ0n) is 44.5. The molecule has 3 aliphatic heterocycles. The number of pyridine rings is 1. The van der Waals surface area contributed by atoms with Crippen molar-refractivity contribution in [2.75, 3.05) is 59.8 Å². The monoisotopic (exact) mass is 1150 g/mol. The molecule has 7 atom stereocenters. The van der Waals surface area contributed by atoms with E-state index in [9.17, 15) is 67.0 Å². The zero-order chi connectivity index (χ0) is 58.7. The Bertz CT molecular complexity index is 3490. The van der Waals surface area contributed by atoms with Gasteiger partial charge in [-0.1, -0.05) is 12.1 Å². The van der Waals surface area contributed by atoms with Crippen molar-refractivity contribution in [3.05, 3.63) is 75.0 Å². The van der Waals surface area contributed by atoms with Crippen molar-refractivity contribution >= 4 is 68.3 Å². The maximum absolute atomic E-state index is 14.9. The van der Waals surface area contributed by atoms with E-state index in [0.717, 1.165) is 24.2 Å². The van der Waals surface area contributed by atoms with Crippen LogP contribution < -0.4 is 36.6 Å². The van der Waals surface area contributed by atoms with Gasteiger partial charge in [0, 0.05) is 60.3 Å².